The number of rotatable bonds is 9. The van der Waals surface area contributed by atoms with E-state index in [9.17, 15) is 22.4 Å². The van der Waals surface area contributed by atoms with Crippen LogP contribution in [0, 0.1) is 17.7 Å². The van der Waals surface area contributed by atoms with Crippen LogP contribution in [-0.2, 0) is 15.7 Å². The van der Waals surface area contributed by atoms with Gasteiger partial charge in [0.25, 0.3) is 0 Å². The Morgan fingerprint density at radius 2 is 1.82 bits per heavy atom. The van der Waals surface area contributed by atoms with E-state index in [4.69, 9.17) is 10.5 Å². The minimum atomic E-state index is -4.48. The van der Waals surface area contributed by atoms with Gasteiger partial charge in [-0.2, -0.15) is 13.2 Å². The van der Waals surface area contributed by atoms with E-state index in [1.54, 1.807) is 12.0 Å². The summed E-state index contributed by atoms with van der Waals surface area (Å²) in [6, 6.07) is 2.61. The minimum absolute atomic E-state index is 0.0341. The molecule has 1 unspecified atom stereocenters. The molecular formula is C24H35F4N3O2. The number of halogens is 4. The zero-order chi connectivity index (χ0) is 24.0. The largest absolute Gasteiger partial charge is 0.416 e. The van der Waals surface area contributed by atoms with Crippen LogP contribution in [0.3, 0.4) is 0 Å². The molecule has 1 saturated carbocycles. The van der Waals surface area contributed by atoms with Crippen LogP contribution in [0.4, 0.5) is 23.2 Å². The number of primary amides is 1. The van der Waals surface area contributed by atoms with E-state index < -0.39 is 17.6 Å². The molecule has 1 aliphatic carbocycles. The fourth-order valence-corrected chi connectivity index (χ4v) is 5.19. The molecule has 1 saturated heterocycles. The van der Waals surface area contributed by atoms with Gasteiger partial charge < -0.3 is 15.4 Å². The van der Waals surface area contributed by atoms with Crippen molar-refractivity contribution < 1.29 is 27.1 Å². The van der Waals surface area contributed by atoms with Crippen molar-refractivity contribution in [1.29, 1.82) is 0 Å². The number of benzene rings is 1. The molecule has 2 N–H and O–H groups in total. The SMILES string of the molecule is COC(CCC(N)=O)C1CCC(CCN2CCN(c3cc(C(F)(F)F)ccc3F)CC2)CC1. The van der Waals surface area contributed by atoms with Crippen LogP contribution in [0.2, 0.25) is 0 Å². The summed E-state index contributed by atoms with van der Waals surface area (Å²) in [6.07, 6.45) is 2.18. The maximum Gasteiger partial charge on any atom is 0.416 e. The van der Waals surface area contributed by atoms with Gasteiger partial charge in [-0.1, -0.05) is 12.8 Å². The molecule has 0 aromatic heterocycles. The van der Waals surface area contributed by atoms with Crippen molar-refractivity contribution in [2.45, 2.75) is 57.2 Å². The summed E-state index contributed by atoms with van der Waals surface area (Å²) in [5, 5.41) is 0. The Morgan fingerprint density at radius 3 is 2.39 bits per heavy atom. The molecule has 5 nitrogen and oxygen atoms in total. The quantitative estimate of drug-likeness (QED) is 0.539. The third kappa shape index (κ3) is 7.30. The predicted molar refractivity (Wildman–Crippen MR) is 119 cm³/mol. The lowest BCUT2D eigenvalue weighted by Gasteiger charge is -2.38. The Labute approximate surface area is 193 Å². The van der Waals surface area contributed by atoms with Crippen molar-refractivity contribution in [2.24, 2.45) is 17.6 Å². The molecule has 9 heteroatoms. The summed E-state index contributed by atoms with van der Waals surface area (Å²) >= 11 is 0. The number of carbonyl (C=O) groups is 1. The number of hydrogen-bond donors (Lipinski definition) is 1. The van der Waals surface area contributed by atoms with E-state index in [1.807, 2.05) is 0 Å². The number of ether oxygens (including phenoxy) is 1. The average molecular weight is 474 g/mol. The lowest BCUT2D eigenvalue weighted by Crippen LogP contribution is -2.47. The van der Waals surface area contributed by atoms with Crippen molar-refractivity contribution in [1.82, 2.24) is 4.90 Å². The zero-order valence-corrected chi connectivity index (χ0v) is 19.2. The second-order valence-electron chi connectivity index (χ2n) is 9.34. The van der Waals surface area contributed by atoms with Crippen LogP contribution < -0.4 is 10.6 Å². The van der Waals surface area contributed by atoms with Crippen molar-refractivity contribution in [3.8, 4) is 0 Å². The monoisotopic (exact) mass is 473 g/mol. The fourth-order valence-electron chi connectivity index (χ4n) is 5.19. The highest BCUT2D eigenvalue weighted by Crippen LogP contribution is 2.35. The number of anilines is 1. The molecule has 0 radical (unpaired) electrons. The summed E-state index contributed by atoms with van der Waals surface area (Å²) in [5.41, 5.74) is 4.48. The van der Waals surface area contributed by atoms with Gasteiger partial charge in [-0.25, -0.2) is 4.39 Å². The van der Waals surface area contributed by atoms with Crippen LogP contribution in [0.25, 0.3) is 0 Å². The lowest BCUT2D eigenvalue weighted by molar-refractivity contribution is -0.137. The summed E-state index contributed by atoms with van der Waals surface area (Å²) in [7, 11) is 1.70. The fraction of sp³-hybridized carbons (Fsp3) is 0.708. The van der Waals surface area contributed by atoms with E-state index in [2.05, 4.69) is 4.90 Å². The summed E-state index contributed by atoms with van der Waals surface area (Å²) in [6.45, 7) is 3.40. The van der Waals surface area contributed by atoms with E-state index in [1.165, 1.54) is 0 Å². The van der Waals surface area contributed by atoms with Gasteiger partial charge in [0.15, 0.2) is 0 Å². The van der Waals surface area contributed by atoms with Gasteiger partial charge in [0.05, 0.1) is 17.4 Å². The van der Waals surface area contributed by atoms with E-state index in [-0.39, 0.29) is 17.7 Å². The van der Waals surface area contributed by atoms with Gasteiger partial charge >= 0.3 is 6.18 Å². The molecule has 0 spiro atoms. The number of nitrogens with zero attached hydrogens (tertiary/aromatic N) is 2. The molecule has 1 atom stereocenters. The Kier molecular flexibility index (Phi) is 8.98. The molecular weight excluding hydrogens is 438 g/mol. The first-order chi connectivity index (χ1) is 15.7. The van der Waals surface area contributed by atoms with Gasteiger partial charge in [-0.3, -0.25) is 9.69 Å². The van der Waals surface area contributed by atoms with Gasteiger partial charge in [0, 0.05) is 39.7 Å². The maximum atomic E-state index is 14.2. The number of carbonyl (C=O) groups excluding carboxylic acids is 1. The smallest absolute Gasteiger partial charge is 0.381 e. The number of piperazine rings is 1. The number of amides is 1. The standard InChI is InChI=1S/C24H35F4N3O2/c1-33-22(8-9-23(29)32)18-4-2-17(3-5-18)10-11-30-12-14-31(15-13-30)21-16-19(24(26,27)28)6-7-20(21)25/h6-7,16-18,22H,2-5,8-15H2,1H3,(H2,29,32). The van der Waals surface area contributed by atoms with Crippen LogP contribution >= 0.6 is 0 Å². The van der Waals surface area contributed by atoms with E-state index >= 15 is 0 Å². The Hall–Kier alpha value is -1.87. The third-order valence-corrected chi connectivity index (χ3v) is 7.24. The molecule has 2 aliphatic rings. The van der Waals surface area contributed by atoms with Gasteiger partial charge in [-0.15, -0.1) is 0 Å². The highest BCUT2D eigenvalue weighted by molar-refractivity contribution is 5.73. The molecule has 3 rings (SSSR count). The summed E-state index contributed by atoms with van der Waals surface area (Å²) in [5.74, 6) is 0.213. The Bertz CT molecular complexity index is 773. The summed E-state index contributed by atoms with van der Waals surface area (Å²) in [4.78, 5) is 15.1. The first kappa shape index (κ1) is 25.7. The second kappa shape index (κ2) is 11.5. The second-order valence-corrected chi connectivity index (χ2v) is 9.34. The molecule has 33 heavy (non-hydrogen) atoms. The lowest BCUT2D eigenvalue weighted by atomic mass is 9.77. The molecule has 1 aromatic rings. The van der Waals surface area contributed by atoms with Crippen LogP contribution in [-0.4, -0.2) is 56.7 Å². The van der Waals surface area contributed by atoms with Crippen LogP contribution in [0.5, 0.6) is 0 Å². The molecule has 1 aliphatic heterocycles. The van der Waals surface area contributed by atoms with E-state index in [0.717, 1.165) is 56.8 Å². The average Bonchev–Trinajstić information content (AvgIpc) is 2.78. The van der Waals surface area contributed by atoms with Gasteiger partial charge in [0.1, 0.15) is 5.82 Å². The predicted octanol–water partition coefficient (Wildman–Crippen LogP) is 4.44. The van der Waals surface area contributed by atoms with Crippen molar-refractivity contribution in [3.63, 3.8) is 0 Å². The van der Waals surface area contributed by atoms with Gasteiger partial charge in [0.2, 0.25) is 5.91 Å². The molecule has 2 fully saturated rings. The normalized spacial score (nSPS) is 23.5. The number of methoxy groups -OCH3 is 1. The molecule has 0 bridgehead atoms. The maximum absolute atomic E-state index is 14.2. The van der Waals surface area contributed by atoms with E-state index in [0.29, 0.717) is 50.9 Å². The minimum Gasteiger partial charge on any atom is -0.381 e. The highest BCUT2D eigenvalue weighted by atomic mass is 19.4. The van der Waals surface area contributed by atoms with Crippen molar-refractivity contribution in [3.05, 3.63) is 29.6 Å². The third-order valence-electron chi connectivity index (χ3n) is 7.24. The Balaban J connectivity index is 1.41. The first-order valence-electron chi connectivity index (χ1n) is 11.8. The molecule has 1 aromatic carbocycles. The molecule has 1 amide bonds. The number of nitrogens with two attached hydrogens (primary N) is 1. The highest BCUT2D eigenvalue weighted by Gasteiger charge is 2.32. The van der Waals surface area contributed by atoms with Crippen molar-refractivity contribution in [2.75, 3.05) is 44.7 Å². The molecule has 1 heterocycles. The number of alkyl halides is 3. The Morgan fingerprint density at radius 1 is 1.15 bits per heavy atom. The van der Waals surface area contributed by atoms with Crippen LogP contribution in [0.15, 0.2) is 18.2 Å². The topological polar surface area (TPSA) is 58.8 Å². The molecule has 186 valence electrons. The summed E-state index contributed by atoms with van der Waals surface area (Å²) < 4.78 is 58.8. The van der Waals surface area contributed by atoms with Crippen molar-refractivity contribution >= 4 is 11.6 Å². The van der Waals surface area contributed by atoms with Gasteiger partial charge in [-0.05, 0) is 62.3 Å². The first-order valence-corrected chi connectivity index (χ1v) is 11.8. The number of hydrogen-bond acceptors (Lipinski definition) is 4. The van der Waals surface area contributed by atoms with Crippen LogP contribution in [0.1, 0.15) is 50.5 Å². The zero-order valence-electron chi connectivity index (χ0n) is 19.2.